The number of aliphatic hydroxyl groups is 1. The molecule has 0 aliphatic rings. The molecule has 0 atom stereocenters. The molecule has 0 unspecified atom stereocenters. The molecule has 6 rings (SSSR count). The van der Waals surface area contributed by atoms with Gasteiger partial charge in [0.25, 0.3) is 0 Å². The number of nitrogens with zero attached hydrogens (tertiary/aromatic N) is 1. The van der Waals surface area contributed by atoms with Crippen LogP contribution in [-0.4, -0.2) is 15.5 Å². The number of aromatic nitrogens is 1. The van der Waals surface area contributed by atoms with E-state index in [4.69, 9.17) is 0 Å². The minimum atomic E-state index is 0. The fourth-order valence-corrected chi connectivity index (χ4v) is 6.87. The van der Waals surface area contributed by atoms with E-state index in [1.807, 2.05) is 27.7 Å². The van der Waals surface area contributed by atoms with Crippen molar-refractivity contribution in [2.24, 2.45) is 17.3 Å². The van der Waals surface area contributed by atoms with E-state index in [9.17, 15) is 9.90 Å². The zero-order valence-corrected chi connectivity index (χ0v) is 33.0. The molecule has 1 aromatic heterocycles. The van der Waals surface area contributed by atoms with E-state index in [2.05, 4.69) is 135 Å². The molecule has 0 saturated heterocycles. The van der Waals surface area contributed by atoms with Gasteiger partial charge in [0.15, 0.2) is 5.78 Å². The van der Waals surface area contributed by atoms with E-state index >= 15 is 0 Å². The summed E-state index contributed by atoms with van der Waals surface area (Å²) in [4.78, 5) is 11.7. The maximum Gasteiger partial charge on any atom is 0.162 e. The van der Waals surface area contributed by atoms with Crippen molar-refractivity contribution in [1.82, 2.24) is 4.57 Å². The smallest absolute Gasteiger partial charge is 0.162 e. The zero-order chi connectivity index (χ0) is 35.1. The molecule has 0 fully saturated rings. The average molecular weight is 842 g/mol. The fourth-order valence-electron chi connectivity index (χ4n) is 6.87. The molecule has 3 nitrogen and oxygen atoms in total. The topological polar surface area (TPSA) is 42.2 Å². The molecule has 0 saturated carbocycles. The summed E-state index contributed by atoms with van der Waals surface area (Å²) in [5, 5.41) is 14.7. The molecule has 5 aromatic carbocycles. The number of benzene rings is 5. The number of carbonyl (C=O) groups is 1. The summed E-state index contributed by atoms with van der Waals surface area (Å²) in [5.41, 5.74) is 7.37. The monoisotopic (exact) mass is 842 g/mol. The molecule has 6 aromatic rings. The molecule has 4 heteroatoms. The second kappa shape index (κ2) is 17.3. The van der Waals surface area contributed by atoms with Crippen LogP contribution in [0.1, 0.15) is 79.7 Å². The third-order valence-electron chi connectivity index (χ3n) is 9.58. The summed E-state index contributed by atoms with van der Waals surface area (Å²) >= 11 is 0. The summed E-state index contributed by atoms with van der Waals surface area (Å²) in [6, 6.07) is 41.9. The molecule has 0 bridgehead atoms. The quantitative estimate of drug-likeness (QED) is 0.0848. The Morgan fingerprint density at radius 3 is 2.08 bits per heavy atom. The summed E-state index contributed by atoms with van der Waals surface area (Å²) in [6.45, 7) is 14.9. The fraction of sp³-hybridized carbons (Fsp3) is 0.326. The Hall–Kier alpha value is -3.98. The minimum absolute atomic E-state index is 0. The zero-order valence-electron chi connectivity index (χ0n) is 30.6. The Kier molecular flexibility index (Phi) is 13.4. The third kappa shape index (κ3) is 8.84. The number of hydrogen-bond acceptors (Lipinski definition) is 2. The normalized spacial score (nSPS) is 12.0. The molecule has 0 spiro atoms. The van der Waals surface area contributed by atoms with Gasteiger partial charge in [-0.05, 0) is 54.5 Å². The SMILES string of the molecule is CC(C)(C)Cc1ccc2c(-n3c4[c-]cc(-c5ccccc5)cc4c4ccccc43)[c-]ccc2c1.CCC(CC)C(=O)/C=C(\O)C(CC)CC.[Ir]. The Morgan fingerprint density at radius 1 is 0.760 bits per heavy atom. The molecule has 1 N–H and O–H groups in total. The second-order valence-electron chi connectivity index (χ2n) is 14.4. The first-order valence-corrected chi connectivity index (χ1v) is 18.0. The van der Waals surface area contributed by atoms with Gasteiger partial charge in [0, 0.05) is 43.5 Å². The Morgan fingerprint density at radius 2 is 1.42 bits per heavy atom. The van der Waals surface area contributed by atoms with Crippen LogP contribution < -0.4 is 0 Å². The van der Waals surface area contributed by atoms with Crippen molar-refractivity contribution in [2.45, 2.75) is 80.6 Å². The van der Waals surface area contributed by atoms with Crippen LogP contribution in [0.5, 0.6) is 0 Å². The molecule has 0 aliphatic heterocycles. The van der Waals surface area contributed by atoms with E-state index in [0.717, 1.165) is 43.3 Å². The maximum atomic E-state index is 11.7. The van der Waals surface area contributed by atoms with Gasteiger partial charge in [0.1, 0.15) is 0 Å². The summed E-state index contributed by atoms with van der Waals surface area (Å²) < 4.78 is 2.32. The van der Waals surface area contributed by atoms with Gasteiger partial charge in [-0.3, -0.25) is 4.79 Å². The van der Waals surface area contributed by atoms with Crippen molar-refractivity contribution in [3.8, 4) is 16.8 Å². The van der Waals surface area contributed by atoms with Gasteiger partial charge in [0.05, 0.1) is 5.76 Å². The van der Waals surface area contributed by atoms with E-state index in [1.54, 1.807) is 0 Å². The predicted molar refractivity (Wildman–Crippen MR) is 208 cm³/mol. The van der Waals surface area contributed by atoms with Crippen LogP contribution >= 0.6 is 0 Å². The minimum Gasteiger partial charge on any atom is -0.512 e. The largest absolute Gasteiger partial charge is 0.512 e. The number of carbonyl (C=O) groups excluding carboxylic acids is 1. The second-order valence-corrected chi connectivity index (χ2v) is 14.4. The number of aliphatic hydroxyl groups excluding tert-OH is 1. The predicted octanol–water partition coefficient (Wildman–Crippen LogP) is 12.7. The van der Waals surface area contributed by atoms with Crippen molar-refractivity contribution in [3.63, 3.8) is 0 Å². The van der Waals surface area contributed by atoms with Gasteiger partial charge in [-0.2, -0.15) is 36.4 Å². The average Bonchev–Trinajstić information content (AvgIpc) is 3.42. The van der Waals surface area contributed by atoms with E-state index in [1.165, 1.54) is 49.8 Å². The van der Waals surface area contributed by atoms with Crippen LogP contribution in [0.15, 0.2) is 109 Å². The number of hydrogen-bond donors (Lipinski definition) is 1. The third-order valence-corrected chi connectivity index (χ3v) is 9.58. The van der Waals surface area contributed by atoms with Crippen LogP contribution in [0.4, 0.5) is 0 Å². The molecular weight excluding hydrogens is 791 g/mol. The van der Waals surface area contributed by atoms with Gasteiger partial charge >= 0.3 is 0 Å². The van der Waals surface area contributed by atoms with Crippen LogP contribution in [0, 0.1) is 29.4 Å². The van der Waals surface area contributed by atoms with Crippen LogP contribution in [-0.2, 0) is 31.3 Å². The molecule has 1 radical (unpaired) electrons. The van der Waals surface area contributed by atoms with Crippen molar-refractivity contribution < 1.29 is 30.0 Å². The van der Waals surface area contributed by atoms with Crippen molar-refractivity contribution in [3.05, 3.63) is 127 Å². The van der Waals surface area contributed by atoms with Crippen LogP contribution in [0.2, 0.25) is 0 Å². The van der Waals surface area contributed by atoms with Crippen molar-refractivity contribution in [1.29, 1.82) is 0 Å². The number of rotatable bonds is 10. The van der Waals surface area contributed by atoms with E-state index < -0.39 is 0 Å². The Labute approximate surface area is 312 Å². The van der Waals surface area contributed by atoms with Crippen LogP contribution in [0.3, 0.4) is 0 Å². The van der Waals surface area contributed by atoms with Gasteiger partial charge in [-0.1, -0.05) is 126 Å². The Balaban J connectivity index is 0.000000301. The number of para-hydroxylation sites is 1. The van der Waals surface area contributed by atoms with E-state index in [0.29, 0.717) is 0 Å². The standard InChI is InChI=1S/C33H27N.C13H24O2.Ir/c1-33(2,3)22-23-16-18-27-26(20-23)12-9-15-30(27)34-31-14-8-7-13-28(31)29-21-25(17-19-32(29)34)24-10-5-4-6-11-24;1-5-10(6-2)12(14)9-13(15)11(7-3)8-4;/h4-14,16-18,20-21H,22H2,1-3H3;9-11,14H,5-8H2,1-4H3;/q-2;;/b;12-9-;. The van der Waals surface area contributed by atoms with Crippen LogP contribution in [0.25, 0.3) is 49.4 Å². The molecule has 263 valence electrons. The maximum absolute atomic E-state index is 11.7. The molecule has 0 amide bonds. The number of ketones is 1. The molecule has 50 heavy (non-hydrogen) atoms. The first-order valence-electron chi connectivity index (χ1n) is 18.0. The molecular formula is C46H51IrNO2-2. The van der Waals surface area contributed by atoms with Gasteiger partial charge in [-0.15, -0.1) is 27.8 Å². The van der Waals surface area contributed by atoms with Crippen molar-refractivity contribution in [2.75, 3.05) is 0 Å². The van der Waals surface area contributed by atoms with Gasteiger partial charge in [-0.25, -0.2) is 0 Å². The van der Waals surface area contributed by atoms with Gasteiger partial charge in [0.2, 0.25) is 0 Å². The summed E-state index contributed by atoms with van der Waals surface area (Å²) in [6.07, 6.45) is 5.96. The first kappa shape index (κ1) is 38.8. The number of fused-ring (bicyclic) bond motifs is 4. The Bertz CT molecular complexity index is 2060. The molecule has 0 aliphatic carbocycles. The van der Waals surface area contributed by atoms with E-state index in [-0.39, 0.29) is 48.9 Å². The summed E-state index contributed by atoms with van der Waals surface area (Å²) in [5.74, 6) is 0.547. The van der Waals surface area contributed by atoms with Crippen molar-refractivity contribution >= 4 is 38.4 Å². The molecule has 1 heterocycles. The summed E-state index contributed by atoms with van der Waals surface area (Å²) in [7, 11) is 0. The number of allylic oxidation sites excluding steroid dienone is 2. The van der Waals surface area contributed by atoms with Gasteiger partial charge < -0.3 is 9.67 Å². The first-order chi connectivity index (χ1) is 23.6.